The highest BCUT2D eigenvalue weighted by Crippen LogP contribution is 2.27. The fraction of sp³-hybridized carbons (Fsp3) is 1.00. The zero-order valence-corrected chi connectivity index (χ0v) is 8.08. The van der Waals surface area contributed by atoms with Crippen molar-refractivity contribution in [3.63, 3.8) is 0 Å². The molecule has 2 unspecified atom stereocenters. The summed E-state index contributed by atoms with van der Waals surface area (Å²) in [4.78, 5) is 0. The summed E-state index contributed by atoms with van der Waals surface area (Å²) in [5, 5.41) is 8.36. The van der Waals surface area contributed by atoms with Gasteiger partial charge in [-0.25, -0.2) is 0 Å². The van der Waals surface area contributed by atoms with Crippen LogP contribution in [0.1, 0.15) is 39.5 Å². The van der Waals surface area contributed by atoms with Gasteiger partial charge in [-0.05, 0) is 19.8 Å². The monoisotopic (exact) mass is 169 g/mol. The quantitative estimate of drug-likeness (QED) is 0.691. The third kappa shape index (κ3) is 2.55. The molecule has 1 aliphatic heterocycles. The van der Waals surface area contributed by atoms with Crippen LogP contribution in [0.2, 0.25) is 0 Å². The molecule has 1 heterocycles. The molecule has 0 aromatic rings. The molecule has 0 bridgehead atoms. The third-order valence-electron chi connectivity index (χ3n) is 2.40. The smallest absolute Gasteiger partial charge is 0.0803 e. The van der Waals surface area contributed by atoms with Gasteiger partial charge in [-0.2, -0.15) is 10.2 Å². The predicted molar refractivity (Wildman–Crippen MR) is 50.2 cm³/mol. The van der Waals surface area contributed by atoms with Crippen LogP contribution < -0.4 is 5.73 Å². The van der Waals surface area contributed by atoms with Crippen molar-refractivity contribution < 1.29 is 0 Å². The third-order valence-corrected chi connectivity index (χ3v) is 2.40. The Hall–Kier alpha value is -0.440. The zero-order chi connectivity index (χ0) is 9.03. The van der Waals surface area contributed by atoms with Gasteiger partial charge in [-0.15, -0.1) is 0 Å². The van der Waals surface area contributed by atoms with Gasteiger partial charge in [0, 0.05) is 6.04 Å². The maximum absolute atomic E-state index is 5.83. The molecular formula is C9H19N3. The lowest BCUT2D eigenvalue weighted by Crippen LogP contribution is -2.38. The van der Waals surface area contributed by atoms with Gasteiger partial charge in [0.15, 0.2) is 0 Å². The second-order valence-corrected chi connectivity index (χ2v) is 3.99. The fourth-order valence-corrected chi connectivity index (χ4v) is 1.70. The highest BCUT2D eigenvalue weighted by molar-refractivity contribution is 4.89. The Kier molecular flexibility index (Phi) is 3.20. The van der Waals surface area contributed by atoms with Crippen molar-refractivity contribution in [2.45, 2.75) is 51.1 Å². The van der Waals surface area contributed by atoms with Crippen molar-refractivity contribution in [1.82, 2.24) is 0 Å². The molecule has 70 valence electrons. The second-order valence-electron chi connectivity index (χ2n) is 3.99. The van der Waals surface area contributed by atoms with Crippen LogP contribution in [0.15, 0.2) is 10.2 Å². The average Bonchev–Trinajstić information content (AvgIpc) is 2.01. The van der Waals surface area contributed by atoms with Crippen LogP contribution in [0, 0.1) is 0 Å². The Balaban J connectivity index is 2.46. The molecule has 0 aromatic heterocycles. The average molecular weight is 169 g/mol. The molecule has 0 saturated heterocycles. The largest absolute Gasteiger partial charge is 0.326 e. The summed E-state index contributed by atoms with van der Waals surface area (Å²) in [5.41, 5.74) is 5.86. The number of hydrogen-bond donors (Lipinski definition) is 1. The normalized spacial score (nSPS) is 35.4. The molecule has 0 aromatic carbocycles. The fourth-order valence-electron chi connectivity index (χ4n) is 1.70. The van der Waals surface area contributed by atoms with E-state index in [0.717, 1.165) is 12.8 Å². The van der Waals surface area contributed by atoms with E-state index in [4.69, 9.17) is 5.73 Å². The van der Waals surface area contributed by atoms with Gasteiger partial charge < -0.3 is 5.73 Å². The predicted octanol–water partition coefficient (Wildman–Crippen LogP) is 2.12. The summed E-state index contributed by atoms with van der Waals surface area (Å²) in [7, 11) is 0. The topological polar surface area (TPSA) is 50.7 Å². The standard InChI is InChI=1S/C9H19N3/c1-3-4-5-9(2)6-8(10)7-11-12-9/h8H,3-7,10H2,1-2H3. The first-order valence-corrected chi connectivity index (χ1v) is 4.80. The maximum Gasteiger partial charge on any atom is 0.0803 e. The van der Waals surface area contributed by atoms with Gasteiger partial charge in [0.05, 0.1) is 12.1 Å². The minimum atomic E-state index is 0.0354. The molecule has 0 saturated carbocycles. The van der Waals surface area contributed by atoms with E-state index in [9.17, 15) is 0 Å². The second kappa shape index (κ2) is 3.99. The molecular weight excluding hydrogens is 150 g/mol. The first-order chi connectivity index (χ1) is 5.66. The van der Waals surface area contributed by atoms with Crippen LogP contribution in [-0.2, 0) is 0 Å². The van der Waals surface area contributed by atoms with Crippen LogP contribution in [0.4, 0.5) is 0 Å². The SMILES string of the molecule is CCCCC1(C)CC(N)CN=N1. The minimum Gasteiger partial charge on any atom is -0.326 e. The number of hydrogen-bond acceptors (Lipinski definition) is 3. The molecule has 0 radical (unpaired) electrons. The van der Waals surface area contributed by atoms with Crippen LogP contribution >= 0.6 is 0 Å². The van der Waals surface area contributed by atoms with Gasteiger partial charge in [-0.1, -0.05) is 19.8 Å². The Morgan fingerprint density at radius 3 is 2.92 bits per heavy atom. The molecule has 0 fully saturated rings. The van der Waals surface area contributed by atoms with Gasteiger partial charge in [-0.3, -0.25) is 0 Å². The van der Waals surface area contributed by atoms with E-state index in [1.807, 2.05) is 0 Å². The highest BCUT2D eigenvalue weighted by atomic mass is 15.2. The Morgan fingerprint density at radius 2 is 2.33 bits per heavy atom. The first kappa shape index (κ1) is 9.65. The Labute approximate surface area is 74.4 Å². The molecule has 12 heavy (non-hydrogen) atoms. The van der Waals surface area contributed by atoms with Crippen LogP contribution in [-0.4, -0.2) is 18.1 Å². The van der Waals surface area contributed by atoms with Crippen molar-refractivity contribution in [3.8, 4) is 0 Å². The molecule has 1 rings (SSSR count). The summed E-state index contributed by atoms with van der Waals surface area (Å²) in [6.45, 7) is 5.07. The summed E-state index contributed by atoms with van der Waals surface area (Å²) in [6, 6.07) is 0.226. The van der Waals surface area contributed by atoms with E-state index in [1.54, 1.807) is 0 Å². The molecule has 0 amide bonds. The van der Waals surface area contributed by atoms with E-state index < -0.39 is 0 Å². The van der Waals surface area contributed by atoms with Gasteiger partial charge in [0.2, 0.25) is 0 Å². The van der Waals surface area contributed by atoms with E-state index in [2.05, 4.69) is 24.1 Å². The molecule has 1 aliphatic rings. The zero-order valence-electron chi connectivity index (χ0n) is 8.08. The van der Waals surface area contributed by atoms with E-state index in [-0.39, 0.29) is 11.6 Å². The minimum absolute atomic E-state index is 0.0354. The number of unbranched alkanes of at least 4 members (excludes halogenated alkanes) is 1. The van der Waals surface area contributed by atoms with Crippen molar-refractivity contribution in [1.29, 1.82) is 0 Å². The van der Waals surface area contributed by atoms with E-state index >= 15 is 0 Å². The van der Waals surface area contributed by atoms with Crippen LogP contribution in [0.3, 0.4) is 0 Å². The molecule has 2 atom stereocenters. The first-order valence-electron chi connectivity index (χ1n) is 4.80. The molecule has 0 aliphatic carbocycles. The number of rotatable bonds is 3. The number of nitrogens with zero attached hydrogens (tertiary/aromatic N) is 2. The summed E-state index contributed by atoms with van der Waals surface area (Å²) < 4.78 is 0. The van der Waals surface area contributed by atoms with Gasteiger partial charge in [0.1, 0.15) is 0 Å². The molecule has 3 nitrogen and oxygen atoms in total. The number of azo groups is 1. The van der Waals surface area contributed by atoms with Crippen molar-refractivity contribution in [2.75, 3.05) is 6.54 Å². The van der Waals surface area contributed by atoms with E-state index in [1.165, 1.54) is 12.8 Å². The Morgan fingerprint density at radius 1 is 1.58 bits per heavy atom. The lowest BCUT2D eigenvalue weighted by Gasteiger charge is -2.29. The molecule has 2 N–H and O–H groups in total. The summed E-state index contributed by atoms with van der Waals surface area (Å²) in [5.74, 6) is 0. The lowest BCUT2D eigenvalue weighted by molar-refractivity contribution is 0.312. The Bertz CT molecular complexity index is 167. The lowest BCUT2D eigenvalue weighted by atomic mass is 9.88. The van der Waals surface area contributed by atoms with Gasteiger partial charge in [0.25, 0.3) is 0 Å². The molecule has 0 spiro atoms. The number of nitrogens with two attached hydrogens (primary N) is 1. The van der Waals surface area contributed by atoms with E-state index in [0.29, 0.717) is 6.54 Å². The van der Waals surface area contributed by atoms with Crippen molar-refractivity contribution in [3.05, 3.63) is 0 Å². The van der Waals surface area contributed by atoms with Crippen molar-refractivity contribution in [2.24, 2.45) is 16.0 Å². The van der Waals surface area contributed by atoms with Crippen LogP contribution in [0.5, 0.6) is 0 Å². The van der Waals surface area contributed by atoms with Crippen LogP contribution in [0.25, 0.3) is 0 Å². The van der Waals surface area contributed by atoms with Gasteiger partial charge >= 0.3 is 0 Å². The molecule has 3 heteroatoms. The highest BCUT2D eigenvalue weighted by Gasteiger charge is 2.28. The van der Waals surface area contributed by atoms with Crippen molar-refractivity contribution >= 4 is 0 Å². The summed E-state index contributed by atoms with van der Waals surface area (Å²) >= 11 is 0. The summed E-state index contributed by atoms with van der Waals surface area (Å²) in [6.07, 6.45) is 4.57. The maximum atomic E-state index is 5.83.